The van der Waals surface area contributed by atoms with Gasteiger partial charge in [0, 0.05) is 17.9 Å². The average molecular weight is 396 g/mol. The van der Waals surface area contributed by atoms with Crippen LogP contribution in [0.4, 0.5) is 4.39 Å². The molecule has 0 bridgehead atoms. The summed E-state index contributed by atoms with van der Waals surface area (Å²) in [5.41, 5.74) is 4.35. The van der Waals surface area contributed by atoms with Crippen molar-refractivity contribution < 1.29 is 4.39 Å². The van der Waals surface area contributed by atoms with Gasteiger partial charge < -0.3 is 0 Å². The van der Waals surface area contributed by atoms with E-state index in [0.717, 1.165) is 59.2 Å². The summed E-state index contributed by atoms with van der Waals surface area (Å²) >= 11 is 1.64. The standard InChI is InChI=1S/C23H26FN3S/c1-4-5-6-7-11-22-25-26-23(27(22)21-10-8-9-17(2)14-21)28-16-19-12-13-20(24)15-18(19)3/h4,8-10,12-15H,1,5-7,11,16H2,2-3H3. The highest BCUT2D eigenvalue weighted by atomic mass is 32.2. The van der Waals surface area contributed by atoms with Crippen molar-refractivity contribution in [2.24, 2.45) is 0 Å². The van der Waals surface area contributed by atoms with Crippen LogP contribution in [0, 0.1) is 19.7 Å². The molecule has 28 heavy (non-hydrogen) atoms. The molecule has 5 heteroatoms. The molecule has 0 unspecified atom stereocenters. The van der Waals surface area contributed by atoms with Gasteiger partial charge in [-0.25, -0.2) is 4.39 Å². The van der Waals surface area contributed by atoms with E-state index in [0.29, 0.717) is 0 Å². The first-order chi connectivity index (χ1) is 13.6. The van der Waals surface area contributed by atoms with Crippen LogP contribution < -0.4 is 0 Å². The minimum atomic E-state index is -0.198. The maximum atomic E-state index is 13.4. The number of hydrogen-bond donors (Lipinski definition) is 0. The maximum absolute atomic E-state index is 13.4. The number of benzene rings is 2. The van der Waals surface area contributed by atoms with Gasteiger partial charge in [-0.3, -0.25) is 4.57 Å². The molecular formula is C23H26FN3S. The monoisotopic (exact) mass is 395 g/mol. The van der Waals surface area contributed by atoms with Crippen LogP contribution in [0.15, 0.2) is 60.3 Å². The Bertz CT molecular complexity index is 949. The number of hydrogen-bond acceptors (Lipinski definition) is 3. The van der Waals surface area contributed by atoms with E-state index in [9.17, 15) is 4.39 Å². The third-order valence-corrected chi connectivity index (χ3v) is 5.66. The zero-order valence-corrected chi connectivity index (χ0v) is 17.3. The lowest BCUT2D eigenvalue weighted by atomic mass is 10.1. The van der Waals surface area contributed by atoms with Gasteiger partial charge in [-0.2, -0.15) is 0 Å². The Labute approximate surface area is 170 Å². The molecule has 0 N–H and O–H groups in total. The molecule has 0 saturated carbocycles. The minimum absolute atomic E-state index is 0.198. The summed E-state index contributed by atoms with van der Waals surface area (Å²) in [4.78, 5) is 0. The molecule has 0 aliphatic heterocycles. The fraction of sp³-hybridized carbons (Fsp3) is 0.304. The fourth-order valence-corrected chi connectivity index (χ4v) is 4.16. The summed E-state index contributed by atoms with van der Waals surface area (Å²) in [5, 5.41) is 9.81. The smallest absolute Gasteiger partial charge is 0.196 e. The largest absolute Gasteiger partial charge is 0.274 e. The first-order valence-electron chi connectivity index (χ1n) is 9.58. The highest BCUT2D eigenvalue weighted by molar-refractivity contribution is 7.98. The molecule has 0 aliphatic rings. The molecule has 1 heterocycles. The molecule has 3 aromatic rings. The Hall–Kier alpha value is -2.40. The third kappa shape index (κ3) is 5.10. The molecule has 3 rings (SSSR count). The van der Waals surface area contributed by atoms with E-state index in [1.54, 1.807) is 17.8 Å². The van der Waals surface area contributed by atoms with E-state index in [1.807, 2.05) is 19.1 Å². The quantitative estimate of drug-likeness (QED) is 0.245. The number of aryl methyl sites for hydroxylation is 3. The second-order valence-corrected chi connectivity index (χ2v) is 7.91. The second kappa shape index (κ2) is 9.69. The Morgan fingerprint density at radius 2 is 1.96 bits per heavy atom. The molecule has 0 saturated heterocycles. The first-order valence-corrected chi connectivity index (χ1v) is 10.6. The minimum Gasteiger partial charge on any atom is -0.274 e. The number of aromatic nitrogens is 3. The van der Waals surface area contributed by atoms with E-state index in [1.165, 1.54) is 11.6 Å². The summed E-state index contributed by atoms with van der Waals surface area (Å²) in [6, 6.07) is 13.3. The van der Waals surface area contributed by atoms with Crippen LogP contribution >= 0.6 is 11.8 Å². The summed E-state index contributed by atoms with van der Waals surface area (Å²) in [6.07, 6.45) is 6.01. The van der Waals surface area contributed by atoms with Gasteiger partial charge in [0.25, 0.3) is 0 Å². The predicted molar refractivity (Wildman–Crippen MR) is 115 cm³/mol. The molecule has 3 nitrogen and oxygen atoms in total. The topological polar surface area (TPSA) is 30.7 Å². The molecule has 0 aliphatic carbocycles. The molecule has 146 valence electrons. The highest BCUT2D eigenvalue weighted by Crippen LogP contribution is 2.27. The van der Waals surface area contributed by atoms with Gasteiger partial charge in [0.2, 0.25) is 0 Å². The van der Waals surface area contributed by atoms with Gasteiger partial charge in [0.05, 0.1) is 0 Å². The summed E-state index contributed by atoms with van der Waals surface area (Å²) in [7, 11) is 0. The average Bonchev–Trinajstić information content (AvgIpc) is 3.07. The van der Waals surface area contributed by atoms with E-state index < -0.39 is 0 Å². The maximum Gasteiger partial charge on any atom is 0.196 e. The molecule has 2 aromatic carbocycles. The molecule has 0 fully saturated rings. The summed E-state index contributed by atoms with van der Waals surface area (Å²) in [5.74, 6) is 1.51. The van der Waals surface area contributed by atoms with Crippen molar-refractivity contribution in [3.63, 3.8) is 0 Å². The van der Waals surface area contributed by atoms with Crippen LogP contribution in [0.5, 0.6) is 0 Å². The van der Waals surface area contributed by atoms with Crippen molar-refractivity contribution in [1.82, 2.24) is 14.8 Å². The number of rotatable bonds is 9. The van der Waals surface area contributed by atoms with E-state index in [-0.39, 0.29) is 5.82 Å². The van der Waals surface area contributed by atoms with Crippen molar-refractivity contribution in [1.29, 1.82) is 0 Å². The van der Waals surface area contributed by atoms with Gasteiger partial charge >= 0.3 is 0 Å². The van der Waals surface area contributed by atoms with Crippen LogP contribution in [0.1, 0.15) is 41.8 Å². The number of unbranched alkanes of at least 4 members (excludes halogenated alkanes) is 2. The Morgan fingerprint density at radius 1 is 1.11 bits per heavy atom. The fourth-order valence-electron chi connectivity index (χ4n) is 3.12. The van der Waals surface area contributed by atoms with Crippen LogP contribution in [0.3, 0.4) is 0 Å². The van der Waals surface area contributed by atoms with Gasteiger partial charge in [-0.1, -0.05) is 36.0 Å². The van der Waals surface area contributed by atoms with Crippen LogP contribution in [0.2, 0.25) is 0 Å². The number of nitrogens with zero attached hydrogens (tertiary/aromatic N) is 3. The zero-order chi connectivity index (χ0) is 19.9. The number of halogens is 1. The second-order valence-electron chi connectivity index (χ2n) is 6.97. The van der Waals surface area contributed by atoms with E-state index in [2.05, 4.69) is 52.5 Å². The SMILES string of the molecule is C=CCCCCc1nnc(SCc2ccc(F)cc2C)n1-c1cccc(C)c1. The summed E-state index contributed by atoms with van der Waals surface area (Å²) in [6.45, 7) is 7.82. The van der Waals surface area contributed by atoms with Gasteiger partial charge in [0.15, 0.2) is 5.16 Å². The first kappa shape index (κ1) is 20.3. The lowest BCUT2D eigenvalue weighted by Crippen LogP contribution is -2.03. The third-order valence-electron chi connectivity index (χ3n) is 4.68. The zero-order valence-electron chi connectivity index (χ0n) is 16.5. The summed E-state index contributed by atoms with van der Waals surface area (Å²) < 4.78 is 15.5. The lowest BCUT2D eigenvalue weighted by Gasteiger charge is -2.11. The van der Waals surface area contributed by atoms with Gasteiger partial charge in [0.1, 0.15) is 11.6 Å². The molecule has 0 spiro atoms. The van der Waals surface area contributed by atoms with Crippen molar-refractivity contribution in [3.8, 4) is 5.69 Å². The Balaban J connectivity index is 1.85. The van der Waals surface area contributed by atoms with Gasteiger partial charge in [-0.15, -0.1) is 16.8 Å². The molecule has 0 atom stereocenters. The molecule has 0 radical (unpaired) electrons. The van der Waals surface area contributed by atoms with Crippen LogP contribution in [-0.2, 0) is 12.2 Å². The number of allylic oxidation sites excluding steroid dienone is 1. The molecular weight excluding hydrogens is 369 g/mol. The lowest BCUT2D eigenvalue weighted by molar-refractivity contribution is 0.626. The highest BCUT2D eigenvalue weighted by Gasteiger charge is 2.15. The van der Waals surface area contributed by atoms with Gasteiger partial charge in [-0.05, 0) is 74.1 Å². The van der Waals surface area contributed by atoms with Crippen molar-refractivity contribution >= 4 is 11.8 Å². The van der Waals surface area contributed by atoms with E-state index in [4.69, 9.17) is 0 Å². The van der Waals surface area contributed by atoms with E-state index >= 15 is 0 Å². The molecule has 1 aromatic heterocycles. The molecule has 0 amide bonds. The van der Waals surface area contributed by atoms with Crippen molar-refractivity contribution in [2.75, 3.05) is 0 Å². The Kier molecular flexibility index (Phi) is 7.04. The van der Waals surface area contributed by atoms with Crippen LogP contribution in [0.25, 0.3) is 5.69 Å². The van der Waals surface area contributed by atoms with Crippen molar-refractivity contribution in [3.05, 3.63) is 83.5 Å². The van der Waals surface area contributed by atoms with Crippen molar-refractivity contribution in [2.45, 2.75) is 50.4 Å². The normalized spacial score (nSPS) is 11.0. The number of thioether (sulfide) groups is 1. The predicted octanol–water partition coefficient (Wildman–Crippen LogP) is 6.21. The Morgan fingerprint density at radius 3 is 2.71 bits per heavy atom. The van der Waals surface area contributed by atoms with Crippen LogP contribution in [-0.4, -0.2) is 14.8 Å².